The van der Waals surface area contributed by atoms with Crippen LogP contribution in [0.15, 0.2) is 82.8 Å². The van der Waals surface area contributed by atoms with Crippen LogP contribution in [0.1, 0.15) is 36.6 Å². The molecule has 1 aliphatic rings. The molecule has 4 rings (SSSR count). The van der Waals surface area contributed by atoms with Crippen LogP contribution in [-0.4, -0.2) is 22.9 Å². The van der Waals surface area contributed by atoms with Crippen LogP contribution in [0.5, 0.6) is 5.75 Å². The smallest absolute Gasteiger partial charge is 0.300 e. The van der Waals surface area contributed by atoms with Crippen molar-refractivity contribution in [2.24, 2.45) is 0 Å². The molecule has 0 bridgehead atoms. The SMILES string of the molecule is CC(C)Oc1ccc(C2/C(=C(\O)c3ccc(Br)cc3)C(=O)C(=O)N2c2ccc(C#N)cc2)cc1. The van der Waals surface area contributed by atoms with E-state index in [1.807, 2.05) is 19.9 Å². The molecule has 7 heteroatoms. The van der Waals surface area contributed by atoms with Crippen molar-refractivity contribution in [1.29, 1.82) is 5.26 Å². The fourth-order valence-electron chi connectivity index (χ4n) is 3.87. The molecule has 6 nitrogen and oxygen atoms in total. The predicted molar refractivity (Wildman–Crippen MR) is 132 cm³/mol. The van der Waals surface area contributed by atoms with Gasteiger partial charge in [0.1, 0.15) is 11.5 Å². The lowest BCUT2D eigenvalue weighted by molar-refractivity contribution is -0.132. The van der Waals surface area contributed by atoms with Gasteiger partial charge in [-0.25, -0.2) is 0 Å². The third-order valence-corrected chi connectivity index (χ3v) is 5.93. The molecule has 1 saturated heterocycles. The molecular weight excluding hydrogens is 496 g/mol. The highest BCUT2D eigenvalue weighted by atomic mass is 79.9. The maximum Gasteiger partial charge on any atom is 0.300 e. The molecule has 1 fully saturated rings. The number of rotatable bonds is 5. The predicted octanol–water partition coefficient (Wildman–Crippen LogP) is 5.73. The van der Waals surface area contributed by atoms with Crippen molar-refractivity contribution in [1.82, 2.24) is 0 Å². The zero-order chi connectivity index (χ0) is 24.4. The summed E-state index contributed by atoms with van der Waals surface area (Å²) in [6.45, 7) is 3.85. The first-order valence-electron chi connectivity index (χ1n) is 10.6. The molecule has 0 radical (unpaired) electrons. The number of ketones is 1. The van der Waals surface area contributed by atoms with Crippen molar-refractivity contribution >= 4 is 39.1 Å². The number of ether oxygens (including phenoxy) is 1. The molecule has 1 aliphatic heterocycles. The van der Waals surface area contributed by atoms with Crippen LogP contribution in [0.2, 0.25) is 0 Å². The number of Topliss-reactive ketones (excluding diaryl/α,β-unsaturated/α-hetero) is 1. The first-order valence-corrected chi connectivity index (χ1v) is 11.4. The van der Waals surface area contributed by atoms with Crippen LogP contribution in [0, 0.1) is 11.3 Å². The van der Waals surface area contributed by atoms with Crippen molar-refractivity contribution in [3.63, 3.8) is 0 Å². The third-order valence-electron chi connectivity index (χ3n) is 5.40. The van der Waals surface area contributed by atoms with Gasteiger partial charge in [-0.1, -0.05) is 40.2 Å². The topological polar surface area (TPSA) is 90.6 Å². The number of halogens is 1. The highest BCUT2D eigenvalue weighted by Gasteiger charge is 2.47. The van der Waals surface area contributed by atoms with Crippen LogP contribution >= 0.6 is 15.9 Å². The minimum Gasteiger partial charge on any atom is -0.507 e. The van der Waals surface area contributed by atoms with Gasteiger partial charge in [-0.2, -0.15) is 5.26 Å². The Kier molecular flexibility index (Phi) is 6.53. The van der Waals surface area contributed by atoms with Gasteiger partial charge in [0.2, 0.25) is 0 Å². The second-order valence-electron chi connectivity index (χ2n) is 8.07. The standard InChI is InChI=1S/C27H21BrN2O4/c1-16(2)34-22-13-7-18(8-14-22)24-23(25(31)19-5-9-20(28)10-6-19)26(32)27(33)30(24)21-11-3-17(15-29)4-12-21/h3-14,16,24,31H,1-2H3/b25-23+. The summed E-state index contributed by atoms with van der Waals surface area (Å²) in [4.78, 5) is 27.7. The molecule has 34 heavy (non-hydrogen) atoms. The minimum atomic E-state index is -0.857. The summed E-state index contributed by atoms with van der Waals surface area (Å²) in [5, 5.41) is 20.3. The molecule has 0 spiro atoms. The van der Waals surface area contributed by atoms with Crippen molar-refractivity contribution in [3.05, 3.63) is 99.5 Å². The molecule has 0 saturated carbocycles. The number of hydrogen-bond donors (Lipinski definition) is 1. The lowest BCUT2D eigenvalue weighted by Gasteiger charge is -2.25. The van der Waals surface area contributed by atoms with Gasteiger partial charge in [0, 0.05) is 15.7 Å². The number of amides is 1. The zero-order valence-corrected chi connectivity index (χ0v) is 20.1. The first kappa shape index (κ1) is 23.3. The molecule has 1 unspecified atom stereocenters. The fraction of sp³-hybridized carbons (Fsp3) is 0.148. The summed E-state index contributed by atoms with van der Waals surface area (Å²) < 4.78 is 6.54. The Morgan fingerprint density at radius 3 is 2.18 bits per heavy atom. The molecule has 1 atom stereocenters. The number of nitrogens with zero attached hydrogens (tertiary/aromatic N) is 2. The normalized spacial score (nSPS) is 17.1. The molecule has 0 aliphatic carbocycles. The summed E-state index contributed by atoms with van der Waals surface area (Å²) >= 11 is 3.36. The van der Waals surface area contributed by atoms with Crippen LogP contribution in [0.25, 0.3) is 5.76 Å². The Bertz CT molecular complexity index is 1300. The van der Waals surface area contributed by atoms with Gasteiger partial charge in [-0.15, -0.1) is 0 Å². The molecule has 1 amide bonds. The number of aliphatic hydroxyl groups is 1. The summed E-state index contributed by atoms with van der Waals surface area (Å²) in [6.07, 6.45) is -0.00691. The van der Waals surface area contributed by atoms with Crippen molar-refractivity contribution in [2.75, 3.05) is 4.90 Å². The van der Waals surface area contributed by atoms with Crippen molar-refractivity contribution in [2.45, 2.75) is 26.0 Å². The first-order chi connectivity index (χ1) is 16.3. The molecule has 0 aromatic heterocycles. The largest absolute Gasteiger partial charge is 0.507 e. The van der Waals surface area contributed by atoms with E-state index in [0.29, 0.717) is 28.1 Å². The number of carbonyl (C=O) groups is 2. The van der Waals surface area contributed by atoms with E-state index in [-0.39, 0.29) is 17.4 Å². The average Bonchev–Trinajstić information content (AvgIpc) is 3.09. The van der Waals surface area contributed by atoms with Crippen LogP contribution in [0.3, 0.4) is 0 Å². The molecular formula is C27H21BrN2O4. The maximum absolute atomic E-state index is 13.2. The van der Waals surface area contributed by atoms with E-state index in [4.69, 9.17) is 10.00 Å². The number of anilines is 1. The van der Waals surface area contributed by atoms with Gasteiger partial charge < -0.3 is 9.84 Å². The number of aliphatic hydroxyl groups excluding tert-OH is 1. The Balaban J connectivity index is 1.88. The van der Waals surface area contributed by atoms with Gasteiger partial charge in [-0.05, 0) is 67.9 Å². The number of hydrogen-bond acceptors (Lipinski definition) is 5. The van der Waals surface area contributed by atoms with E-state index in [2.05, 4.69) is 15.9 Å². The maximum atomic E-state index is 13.2. The summed E-state index contributed by atoms with van der Waals surface area (Å²) in [5.74, 6) is -1.13. The third kappa shape index (κ3) is 4.45. The highest BCUT2D eigenvalue weighted by Crippen LogP contribution is 2.42. The summed E-state index contributed by atoms with van der Waals surface area (Å²) in [5.41, 5.74) is 1.93. The van der Waals surface area contributed by atoms with E-state index >= 15 is 0 Å². The number of nitriles is 1. The van der Waals surface area contributed by atoms with E-state index in [9.17, 15) is 14.7 Å². The lowest BCUT2D eigenvalue weighted by Crippen LogP contribution is -2.29. The average molecular weight is 517 g/mol. The molecule has 1 N–H and O–H groups in total. The summed E-state index contributed by atoms with van der Waals surface area (Å²) in [6, 6.07) is 21.5. The molecule has 1 heterocycles. The van der Waals surface area contributed by atoms with Gasteiger partial charge >= 0.3 is 0 Å². The van der Waals surface area contributed by atoms with E-state index in [0.717, 1.165) is 4.47 Å². The highest BCUT2D eigenvalue weighted by molar-refractivity contribution is 9.10. The van der Waals surface area contributed by atoms with E-state index in [1.165, 1.54) is 4.90 Å². The van der Waals surface area contributed by atoms with Crippen molar-refractivity contribution < 1.29 is 19.4 Å². The minimum absolute atomic E-state index is 0.00536. The lowest BCUT2D eigenvalue weighted by atomic mass is 9.95. The van der Waals surface area contributed by atoms with Crippen LogP contribution in [-0.2, 0) is 9.59 Å². The van der Waals surface area contributed by atoms with Crippen molar-refractivity contribution in [3.8, 4) is 11.8 Å². The second kappa shape index (κ2) is 9.54. The van der Waals surface area contributed by atoms with E-state index in [1.54, 1.807) is 72.8 Å². The Morgan fingerprint density at radius 2 is 1.62 bits per heavy atom. The molecule has 3 aromatic carbocycles. The number of carbonyl (C=O) groups excluding carboxylic acids is 2. The fourth-order valence-corrected chi connectivity index (χ4v) is 4.14. The van der Waals surface area contributed by atoms with Gasteiger partial charge in [0.15, 0.2) is 0 Å². The second-order valence-corrected chi connectivity index (χ2v) is 8.99. The van der Waals surface area contributed by atoms with Gasteiger partial charge in [0.25, 0.3) is 11.7 Å². The van der Waals surface area contributed by atoms with Gasteiger partial charge in [0.05, 0.1) is 29.4 Å². The Labute approximate surface area is 205 Å². The number of benzene rings is 3. The summed E-state index contributed by atoms with van der Waals surface area (Å²) in [7, 11) is 0. The van der Waals surface area contributed by atoms with E-state index < -0.39 is 17.7 Å². The molecule has 3 aromatic rings. The van der Waals surface area contributed by atoms with Crippen LogP contribution < -0.4 is 9.64 Å². The molecule has 170 valence electrons. The van der Waals surface area contributed by atoms with Crippen LogP contribution in [0.4, 0.5) is 5.69 Å². The Morgan fingerprint density at radius 1 is 1.00 bits per heavy atom. The zero-order valence-electron chi connectivity index (χ0n) is 18.5. The van der Waals surface area contributed by atoms with Gasteiger partial charge in [-0.3, -0.25) is 14.5 Å². The quantitative estimate of drug-likeness (QED) is 0.265. The Hall–Kier alpha value is -3.89. The monoisotopic (exact) mass is 516 g/mol.